The highest BCUT2D eigenvalue weighted by atomic mass is 16.2. The molecule has 0 saturated carbocycles. The third kappa shape index (κ3) is 5.57. The van der Waals surface area contributed by atoms with E-state index in [0.717, 1.165) is 17.7 Å². The summed E-state index contributed by atoms with van der Waals surface area (Å²) in [5, 5.41) is 0.574. The van der Waals surface area contributed by atoms with Gasteiger partial charge in [0.05, 0.1) is 22.6 Å². The van der Waals surface area contributed by atoms with E-state index in [4.69, 9.17) is 4.98 Å². The fourth-order valence-electron chi connectivity index (χ4n) is 4.88. The number of aromatic nitrogens is 2. The maximum atomic E-state index is 13.7. The van der Waals surface area contributed by atoms with Crippen molar-refractivity contribution in [2.24, 2.45) is 11.3 Å². The molecule has 5 nitrogen and oxygen atoms in total. The Kier molecular flexibility index (Phi) is 7.64. The Morgan fingerprint density at radius 3 is 2.35 bits per heavy atom. The summed E-state index contributed by atoms with van der Waals surface area (Å²) >= 11 is 0. The molecule has 0 N–H and O–H groups in total. The van der Waals surface area contributed by atoms with E-state index in [1.165, 1.54) is 5.56 Å². The fourth-order valence-corrected chi connectivity index (χ4v) is 4.88. The highest BCUT2D eigenvalue weighted by Gasteiger charge is 2.27. The number of aryl methyl sites for hydroxylation is 2. The van der Waals surface area contributed by atoms with Gasteiger partial charge >= 0.3 is 0 Å². The topological polar surface area (TPSA) is 55.2 Å². The van der Waals surface area contributed by atoms with Gasteiger partial charge in [0, 0.05) is 13.0 Å². The van der Waals surface area contributed by atoms with Gasteiger partial charge in [0.15, 0.2) is 0 Å². The average Bonchev–Trinajstić information content (AvgIpc) is 2.74. The number of fused-ring (bicyclic) bond motifs is 1. The summed E-state index contributed by atoms with van der Waals surface area (Å²) in [5.74, 6) is 0.965. The number of carbonyl (C=O) groups excluding carboxylic acids is 1. The van der Waals surface area contributed by atoms with Gasteiger partial charge in [-0.2, -0.15) is 0 Å². The van der Waals surface area contributed by atoms with E-state index < -0.39 is 0 Å². The largest absolute Gasteiger partial charge is 0.333 e. The summed E-state index contributed by atoms with van der Waals surface area (Å²) in [7, 11) is 0. The second kappa shape index (κ2) is 10.1. The Labute approximate surface area is 203 Å². The van der Waals surface area contributed by atoms with Gasteiger partial charge < -0.3 is 4.90 Å². The lowest BCUT2D eigenvalue weighted by molar-refractivity contribution is -0.134. The highest BCUT2D eigenvalue weighted by Crippen LogP contribution is 2.29. The number of para-hydroxylation sites is 1. The van der Waals surface area contributed by atoms with E-state index in [1.54, 1.807) is 4.57 Å². The number of hydrogen-bond acceptors (Lipinski definition) is 3. The first-order valence-corrected chi connectivity index (χ1v) is 12.3. The van der Waals surface area contributed by atoms with Crippen molar-refractivity contribution in [1.82, 2.24) is 14.5 Å². The van der Waals surface area contributed by atoms with Crippen molar-refractivity contribution < 1.29 is 4.79 Å². The molecule has 0 saturated heterocycles. The van der Waals surface area contributed by atoms with Gasteiger partial charge in [-0.3, -0.25) is 14.2 Å². The molecule has 1 heterocycles. The van der Waals surface area contributed by atoms with Crippen LogP contribution in [-0.2, 0) is 4.79 Å². The van der Waals surface area contributed by atoms with Crippen LogP contribution in [0.4, 0.5) is 0 Å². The maximum absolute atomic E-state index is 13.7. The third-order valence-electron chi connectivity index (χ3n) is 6.54. The predicted molar refractivity (Wildman–Crippen MR) is 140 cm³/mol. The van der Waals surface area contributed by atoms with Crippen molar-refractivity contribution in [2.75, 3.05) is 6.54 Å². The lowest BCUT2D eigenvalue weighted by atomic mass is 9.84. The van der Waals surface area contributed by atoms with Crippen LogP contribution in [0.1, 0.15) is 77.4 Å². The van der Waals surface area contributed by atoms with E-state index in [0.29, 0.717) is 29.7 Å². The second-order valence-electron chi connectivity index (χ2n) is 10.8. The van der Waals surface area contributed by atoms with Crippen LogP contribution in [0, 0.1) is 25.2 Å². The van der Waals surface area contributed by atoms with Crippen molar-refractivity contribution in [3.63, 3.8) is 0 Å². The van der Waals surface area contributed by atoms with E-state index >= 15 is 0 Å². The van der Waals surface area contributed by atoms with Gasteiger partial charge in [0.25, 0.3) is 5.56 Å². The summed E-state index contributed by atoms with van der Waals surface area (Å²) in [6, 6.07) is 13.1. The standard InChI is InChI=1S/C29H39N3O2/c1-9-31(26(33)16-19(2)18-29(6,7)8)22(5)27-30-25-13-11-10-12-24(25)28(34)32(27)23-15-14-20(3)21(4)17-23/h10-15,17,19,22H,9,16,18H2,1-8H3. The zero-order valence-corrected chi connectivity index (χ0v) is 22.0. The molecule has 0 radical (unpaired) electrons. The minimum Gasteiger partial charge on any atom is -0.333 e. The summed E-state index contributed by atoms with van der Waals surface area (Å²) in [6.45, 7) is 17.4. The molecule has 0 fully saturated rings. The first kappa shape index (κ1) is 25.7. The molecule has 1 aromatic heterocycles. The minimum atomic E-state index is -0.349. The zero-order valence-electron chi connectivity index (χ0n) is 22.0. The number of rotatable bonds is 7. The number of nitrogens with zero attached hydrogens (tertiary/aromatic N) is 3. The van der Waals surface area contributed by atoms with E-state index in [2.05, 4.69) is 34.6 Å². The predicted octanol–water partition coefficient (Wildman–Crippen LogP) is 6.37. The van der Waals surface area contributed by atoms with Crippen molar-refractivity contribution in [1.29, 1.82) is 0 Å². The Hall–Kier alpha value is -2.95. The first-order chi connectivity index (χ1) is 15.9. The van der Waals surface area contributed by atoms with Crippen molar-refractivity contribution in [3.8, 4) is 5.69 Å². The normalized spacial score (nSPS) is 13.6. The molecule has 2 atom stereocenters. The molecule has 0 aliphatic heterocycles. The Bertz CT molecular complexity index is 1240. The van der Waals surface area contributed by atoms with Crippen LogP contribution in [0.2, 0.25) is 0 Å². The highest BCUT2D eigenvalue weighted by molar-refractivity contribution is 5.79. The van der Waals surface area contributed by atoms with Gasteiger partial charge in [0.2, 0.25) is 5.91 Å². The van der Waals surface area contributed by atoms with E-state index in [-0.39, 0.29) is 28.8 Å². The molecule has 1 amide bonds. The van der Waals surface area contributed by atoms with Crippen LogP contribution in [0.3, 0.4) is 0 Å². The van der Waals surface area contributed by atoms with Gasteiger partial charge in [-0.05, 0) is 80.8 Å². The van der Waals surface area contributed by atoms with E-state index in [9.17, 15) is 9.59 Å². The second-order valence-corrected chi connectivity index (χ2v) is 10.8. The Balaban J connectivity index is 2.10. The molecular weight excluding hydrogens is 422 g/mol. The fraction of sp³-hybridized carbons (Fsp3) is 0.483. The first-order valence-electron chi connectivity index (χ1n) is 12.3. The summed E-state index contributed by atoms with van der Waals surface area (Å²) in [6.07, 6.45) is 1.46. The quantitative estimate of drug-likeness (QED) is 0.410. The van der Waals surface area contributed by atoms with Crippen LogP contribution in [-0.4, -0.2) is 26.9 Å². The van der Waals surface area contributed by atoms with Crippen molar-refractivity contribution in [3.05, 3.63) is 69.8 Å². The molecule has 34 heavy (non-hydrogen) atoms. The van der Waals surface area contributed by atoms with E-state index in [1.807, 2.05) is 68.1 Å². The molecule has 3 aromatic rings. The molecular formula is C29H39N3O2. The number of carbonyl (C=O) groups is 1. The monoisotopic (exact) mass is 461 g/mol. The number of hydrogen-bond donors (Lipinski definition) is 0. The SMILES string of the molecule is CCN(C(=O)CC(C)CC(C)(C)C)C(C)c1nc2ccccc2c(=O)n1-c1ccc(C)c(C)c1. The van der Waals surface area contributed by atoms with Gasteiger partial charge in [-0.25, -0.2) is 4.98 Å². The molecule has 2 unspecified atom stereocenters. The van der Waals surface area contributed by atoms with Gasteiger partial charge in [-0.15, -0.1) is 0 Å². The van der Waals surface area contributed by atoms with Crippen LogP contribution >= 0.6 is 0 Å². The lowest BCUT2D eigenvalue weighted by Crippen LogP contribution is -2.38. The lowest BCUT2D eigenvalue weighted by Gasteiger charge is -2.31. The van der Waals surface area contributed by atoms with Crippen LogP contribution < -0.4 is 5.56 Å². The molecule has 182 valence electrons. The third-order valence-corrected chi connectivity index (χ3v) is 6.54. The number of benzene rings is 2. The molecule has 0 spiro atoms. The molecule has 3 rings (SSSR count). The maximum Gasteiger partial charge on any atom is 0.266 e. The summed E-state index contributed by atoms with van der Waals surface area (Å²) in [4.78, 5) is 33.9. The Morgan fingerprint density at radius 1 is 1.06 bits per heavy atom. The molecule has 5 heteroatoms. The van der Waals surface area contributed by atoms with Gasteiger partial charge in [0.1, 0.15) is 5.82 Å². The minimum absolute atomic E-state index is 0.0980. The average molecular weight is 462 g/mol. The van der Waals surface area contributed by atoms with Gasteiger partial charge in [-0.1, -0.05) is 45.9 Å². The zero-order chi connectivity index (χ0) is 25.2. The molecule has 0 aliphatic rings. The smallest absolute Gasteiger partial charge is 0.266 e. The summed E-state index contributed by atoms with van der Waals surface area (Å²) < 4.78 is 1.69. The summed E-state index contributed by atoms with van der Waals surface area (Å²) in [5.41, 5.74) is 3.76. The molecule has 0 bridgehead atoms. The van der Waals surface area contributed by atoms with Crippen molar-refractivity contribution in [2.45, 2.75) is 74.3 Å². The molecule has 0 aliphatic carbocycles. The Morgan fingerprint density at radius 2 is 1.74 bits per heavy atom. The molecule has 2 aromatic carbocycles. The van der Waals surface area contributed by atoms with Crippen LogP contribution in [0.25, 0.3) is 16.6 Å². The van der Waals surface area contributed by atoms with Crippen molar-refractivity contribution >= 4 is 16.8 Å². The number of amides is 1. The van der Waals surface area contributed by atoms with Crippen LogP contribution in [0.15, 0.2) is 47.3 Å². The van der Waals surface area contributed by atoms with Crippen LogP contribution in [0.5, 0.6) is 0 Å².